The second kappa shape index (κ2) is 6.23. The zero-order valence-electron chi connectivity index (χ0n) is 12.1. The molecule has 1 atom stereocenters. The molecular formula is C13H24N2O4. The fraction of sp³-hybridized carbons (Fsp3) is 0.846. The van der Waals surface area contributed by atoms with Crippen molar-refractivity contribution in [3.63, 3.8) is 0 Å². The summed E-state index contributed by atoms with van der Waals surface area (Å²) in [5.74, 6) is -1.01. The van der Waals surface area contributed by atoms with E-state index in [1.165, 1.54) is 0 Å². The van der Waals surface area contributed by atoms with Gasteiger partial charge in [0.2, 0.25) is 0 Å². The van der Waals surface area contributed by atoms with E-state index in [2.05, 4.69) is 5.32 Å². The monoisotopic (exact) mass is 272 g/mol. The number of methoxy groups -OCH3 is 1. The molecule has 0 aromatic rings. The van der Waals surface area contributed by atoms with Gasteiger partial charge in [-0.15, -0.1) is 0 Å². The number of carboxylic acid groups (broad SMARTS) is 1. The highest BCUT2D eigenvalue weighted by atomic mass is 16.5. The molecule has 6 nitrogen and oxygen atoms in total. The van der Waals surface area contributed by atoms with Gasteiger partial charge in [-0.1, -0.05) is 20.8 Å². The molecule has 1 aliphatic rings. The van der Waals surface area contributed by atoms with Crippen LogP contribution < -0.4 is 5.32 Å². The zero-order chi connectivity index (χ0) is 14.6. The van der Waals surface area contributed by atoms with E-state index in [0.29, 0.717) is 13.2 Å². The molecule has 6 heteroatoms. The molecule has 0 heterocycles. The van der Waals surface area contributed by atoms with Crippen LogP contribution in [0.5, 0.6) is 0 Å². The van der Waals surface area contributed by atoms with Gasteiger partial charge in [-0.3, -0.25) is 0 Å². The first kappa shape index (κ1) is 15.8. The molecule has 110 valence electrons. The number of nitrogens with zero attached hydrogens (tertiary/aromatic N) is 1. The van der Waals surface area contributed by atoms with Gasteiger partial charge in [0, 0.05) is 19.7 Å². The Balaban J connectivity index is 2.66. The minimum absolute atomic E-state index is 0.226. The van der Waals surface area contributed by atoms with E-state index in [1.807, 2.05) is 0 Å². The lowest BCUT2D eigenvalue weighted by molar-refractivity contribution is -0.142. The summed E-state index contributed by atoms with van der Waals surface area (Å²) in [6.07, 6.45) is 1.95. The predicted octanol–water partition coefficient (Wildman–Crippen LogP) is 1.31. The van der Waals surface area contributed by atoms with Crippen molar-refractivity contribution < 1.29 is 19.4 Å². The van der Waals surface area contributed by atoms with Gasteiger partial charge in [0.1, 0.15) is 6.04 Å². The van der Waals surface area contributed by atoms with Crippen LogP contribution in [0.25, 0.3) is 0 Å². The molecule has 19 heavy (non-hydrogen) atoms. The van der Waals surface area contributed by atoms with Crippen molar-refractivity contribution in [1.29, 1.82) is 0 Å². The molecule has 0 radical (unpaired) electrons. The Morgan fingerprint density at radius 1 is 1.42 bits per heavy atom. The Kier molecular flexibility index (Phi) is 5.17. The lowest BCUT2D eigenvalue weighted by atomic mass is 9.87. The van der Waals surface area contributed by atoms with Crippen molar-refractivity contribution in [3.8, 4) is 0 Å². The summed E-state index contributed by atoms with van der Waals surface area (Å²) in [5.41, 5.74) is -0.530. The van der Waals surface area contributed by atoms with E-state index < -0.39 is 17.4 Å². The van der Waals surface area contributed by atoms with E-state index in [-0.39, 0.29) is 12.1 Å². The minimum Gasteiger partial charge on any atom is -0.480 e. The van der Waals surface area contributed by atoms with Crippen molar-refractivity contribution in [1.82, 2.24) is 10.2 Å². The summed E-state index contributed by atoms with van der Waals surface area (Å²) in [6, 6.07) is -0.991. The number of rotatable bonds is 6. The molecule has 0 saturated heterocycles. The van der Waals surface area contributed by atoms with Crippen LogP contribution in [-0.4, -0.2) is 54.4 Å². The second-order valence-corrected chi connectivity index (χ2v) is 6.00. The lowest BCUT2D eigenvalue weighted by Gasteiger charge is -2.31. The largest absolute Gasteiger partial charge is 0.480 e. The van der Waals surface area contributed by atoms with E-state index in [4.69, 9.17) is 4.74 Å². The fourth-order valence-electron chi connectivity index (χ4n) is 1.88. The zero-order valence-corrected chi connectivity index (χ0v) is 12.1. The number of ether oxygens (including phenoxy) is 1. The molecule has 2 amide bonds. The van der Waals surface area contributed by atoms with E-state index in [9.17, 15) is 14.7 Å². The third-order valence-electron chi connectivity index (χ3n) is 3.17. The summed E-state index contributed by atoms with van der Waals surface area (Å²) in [7, 11) is 1.58. The molecule has 0 spiro atoms. The number of aliphatic carboxylic acids is 1. The number of urea groups is 1. The second-order valence-electron chi connectivity index (χ2n) is 6.00. The minimum atomic E-state index is -1.01. The van der Waals surface area contributed by atoms with Crippen LogP contribution in [0.15, 0.2) is 0 Å². The Morgan fingerprint density at radius 3 is 2.37 bits per heavy atom. The van der Waals surface area contributed by atoms with Crippen molar-refractivity contribution >= 4 is 12.0 Å². The fourth-order valence-corrected chi connectivity index (χ4v) is 1.88. The van der Waals surface area contributed by atoms with Crippen LogP contribution in [0.3, 0.4) is 0 Å². The maximum Gasteiger partial charge on any atom is 0.326 e. The molecule has 0 aromatic heterocycles. The van der Waals surface area contributed by atoms with Crippen LogP contribution in [0.4, 0.5) is 4.79 Å². The van der Waals surface area contributed by atoms with Crippen LogP contribution >= 0.6 is 0 Å². The van der Waals surface area contributed by atoms with Gasteiger partial charge in [0.15, 0.2) is 0 Å². The lowest BCUT2D eigenvalue weighted by Crippen LogP contribution is -2.54. The summed E-state index contributed by atoms with van der Waals surface area (Å²) >= 11 is 0. The number of nitrogens with one attached hydrogen (secondary N) is 1. The van der Waals surface area contributed by atoms with E-state index in [1.54, 1.807) is 32.8 Å². The molecule has 1 saturated carbocycles. The average molecular weight is 272 g/mol. The highest BCUT2D eigenvalue weighted by Crippen LogP contribution is 2.27. The number of carboxylic acids is 1. The maximum absolute atomic E-state index is 12.2. The quantitative estimate of drug-likeness (QED) is 0.764. The molecule has 2 N–H and O–H groups in total. The third-order valence-corrected chi connectivity index (χ3v) is 3.17. The van der Waals surface area contributed by atoms with Crippen LogP contribution in [0.2, 0.25) is 0 Å². The first-order valence-electron chi connectivity index (χ1n) is 6.56. The summed E-state index contributed by atoms with van der Waals surface area (Å²) in [5, 5.41) is 11.8. The highest BCUT2D eigenvalue weighted by molar-refractivity contribution is 5.83. The summed E-state index contributed by atoms with van der Waals surface area (Å²) in [6.45, 7) is 6.33. The number of amides is 2. The standard InChI is InChI=1S/C13H24N2O4/c1-13(2,3)10(11(16)17)14-12(18)15(7-8-19-4)9-5-6-9/h9-10H,5-8H2,1-4H3,(H,14,18)(H,16,17)/t10-/m1/s1. The maximum atomic E-state index is 12.2. The number of hydrogen-bond donors (Lipinski definition) is 2. The summed E-state index contributed by atoms with van der Waals surface area (Å²) < 4.78 is 4.98. The molecular weight excluding hydrogens is 248 g/mol. The Bertz CT molecular complexity index is 334. The molecule has 0 aliphatic heterocycles. The Labute approximate surface area is 114 Å². The van der Waals surface area contributed by atoms with Gasteiger partial charge in [0.25, 0.3) is 0 Å². The van der Waals surface area contributed by atoms with Crippen molar-refractivity contribution in [2.24, 2.45) is 5.41 Å². The van der Waals surface area contributed by atoms with Crippen molar-refractivity contribution in [3.05, 3.63) is 0 Å². The molecule has 0 bridgehead atoms. The molecule has 0 unspecified atom stereocenters. The number of carbonyl (C=O) groups is 2. The molecule has 1 rings (SSSR count). The average Bonchev–Trinajstić information content (AvgIpc) is 3.08. The predicted molar refractivity (Wildman–Crippen MR) is 71.0 cm³/mol. The van der Waals surface area contributed by atoms with E-state index >= 15 is 0 Å². The van der Waals surface area contributed by atoms with Crippen LogP contribution in [0.1, 0.15) is 33.6 Å². The first-order valence-corrected chi connectivity index (χ1v) is 6.56. The first-order chi connectivity index (χ1) is 8.77. The van der Waals surface area contributed by atoms with Crippen molar-refractivity contribution in [2.75, 3.05) is 20.3 Å². The number of hydrogen-bond acceptors (Lipinski definition) is 3. The number of carbonyl (C=O) groups excluding carboxylic acids is 1. The van der Waals surface area contributed by atoms with Gasteiger partial charge >= 0.3 is 12.0 Å². The topological polar surface area (TPSA) is 78.9 Å². The Hall–Kier alpha value is -1.30. The highest BCUT2D eigenvalue weighted by Gasteiger charge is 2.37. The smallest absolute Gasteiger partial charge is 0.326 e. The van der Waals surface area contributed by atoms with Gasteiger partial charge in [-0.2, -0.15) is 0 Å². The van der Waals surface area contributed by atoms with E-state index in [0.717, 1.165) is 12.8 Å². The van der Waals surface area contributed by atoms with Gasteiger partial charge in [0.05, 0.1) is 6.61 Å². The summed E-state index contributed by atoms with van der Waals surface area (Å²) in [4.78, 5) is 25.1. The van der Waals surface area contributed by atoms with Gasteiger partial charge in [-0.25, -0.2) is 9.59 Å². The van der Waals surface area contributed by atoms with Crippen LogP contribution in [-0.2, 0) is 9.53 Å². The molecule has 1 aliphatic carbocycles. The van der Waals surface area contributed by atoms with Gasteiger partial charge < -0.3 is 20.1 Å². The molecule has 1 fully saturated rings. The van der Waals surface area contributed by atoms with Crippen LogP contribution in [0, 0.1) is 5.41 Å². The van der Waals surface area contributed by atoms with Crippen molar-refractivity contribution in [2.45, 2.75) is 45.7 Å². The third kappa shape index (κ3) is 4.70. The Morgan fingerprint density at radius 2 is 2.00 bits per heavy atom. The normalized spacial score (nSPS) is 16.8. The van der Waals surface area contributed by atoms with Gasteiger partial charge in [-0.05, 0) is 18.3 Å². The SMILES string of the molecule is COCCN(C(=O)N[C@H](C(=O)O)C(C)(C)C)C1CC1. The molecule has 0 aromatic carbocycles.